The number of hydrogen-bond donors (Lipinski definition) is 2. The van der Waals surface area contributed by atoms with E-state index < -0.39 is 28.9 Å². The molecular weight excluding hydrogens is 390 g/mol. The Balaban J connectivity index is 1.52. The summed E-state index contributed by atoms with van der Waals surface area (Å²) < 4.78 is 24.0. The second kappa shape index (κ2) is 7.05. The van der Waals surface area contributed by atoms with E-state index in [4.69, 9.17) is 0 Å². The lowest BCUT2D eigenvalue weighted by molar-refractivity contribution is -0.147. The first-order valence-corrected chi connectivity index (χ1v) is 11.2. The fourth-order valence-electron chi connectivity index (χ4n) is 4.66. The lowest BCUT2D eigenvalue weighted by atomic mass is 9.82. The van der Waals surface area contributed by atoms with Gasteiger partial charge in [0.15, 0.2) is 0 Å². The molecule has 2 N–H and O–H groups in total. The summed E-state index contributed by atoms with van der Waals surface area (Å²) in [5.74, 6) is -0.354. The minimum atomic E-state index is -2.37. The molecule has 4 atom stereocenters. The average molecular weight is 412 g/mol. The molecule has 152 valence electrons. The molecular formula is C21H22N3O4S-. The van der Waals surface area contributed by atoms with E-state index in [0.29, 0.717) is 12.5 Å². The number of rotatable bonds is 6. The largest absolute Gasteiger partial charge is 0.768 e. The van der Waals surface area contributed by atoms with Gasteiger partial charge in [-0.3, -0.25) is 24.1 Å². The highest BCUT2D eigenvalue weighted by Crippen LogP contribution is 2.43. The Morgan fingerprint density at radius 1 is 1.14 bits per heavy atom. The van der Waals surface area contributed by atoms with Crippen LogP contribution in [0, 0.1) is 0 Å². The van der Waals surface area contributed by atoms with Gasteiger partial charge in [0.2, 0.25) is 11.6 Å². The molecule has 1 aromatic heterocycles. The molecule has 0 amide bonds. The van der Waals surface area contributed by atoms with E-state index in [0.717, 1.165) is 53.3 Å². The van der Waals surface area contributed by atoms with Gasteiger partial charge in [-0.15, -0.1) is 0 Å². The van der Waals surface area contributed by atoms with E-state index in [2.05, 4.69) is 15.6 Å². The van der Waals surface area contributed by atoms with Crippen LogP contribution in [0.25, 0.3) is 10.8 Å². The normalized spacial score (nSPS) is 27.2. The Hall–Kier alpha value is -2.00. The van der Waals surface area contributed by atoms with E-state index in [-0.39, 0.29) is 16.7 Å². The molecule has 0 bridgehead atoms. The number of aromatic nitrogens is 1. The van der Waals surface area contributed by atoms with Crippen LogP contribution in [0.4, 0.5) is 0 Å². The Morgan fingerprint density at radius 3 is 2.59 bits per heavy atom. The van der Waals surface area contributed by atoms with Gasteiger partial charge < -0.3 is 9.87 Å². The predicted molar refractivity (Wildman–Crippen MR) is 106 cm³/mol. The number of hydrogen-bond acceptors (Lipinski definition) is 7. The molecule has 2 saturated carbocycles. The van der Waals surface area contributed by atoms with E-state index in [1.54, 1.807) is 12.3 Å². The van der Waals surface area contributed by atoms with Crippen molar-refractivity contribution in [2.24, 2.45) is 0 Å². The topological polar surface area (TPSA) is 111 Å². The summed E-state index contributed by atoms with van der Waals surface area (Å²) in [6.45, 7) is 2.49. The van der Waals surface area contributed by atoms with Crippen molar-refractivity contribution in [3.63, 3.8) is 0 Å². The van der Waals surface area contributed by atoms with Crippen molar-refractivity contribution in [2.45, 2.75) is 61.5 Å². The number of benzene rings is 1. The molecule has 8 heteroatoms. The van der Waals surface area contributed by atoms with Crippen molar-refractivity contribution < 1.29 is 18.4 Å². The van der Waals surface area contributed by atoms with Gasteiger partial charge in [-0.05, 0) is 66.6 Å². The fraction of sp³-hybridized carbons (Fsp3) is 0.476. The summed E-state index contributed by atoms with van der Waals surface area (Å²) in [5, 5.41) is 7.95. The van der Waals surface area contributed by atoms with E-state index in [9.17, 15) is 18.4 Å². The van der Waals surface area contributed by atoms with Crippen molar-refractivity contribution in [2.75, 3.05) is 6.54 Å². The number of fused-ring (bicyclic) bond motifs is 3. The van der Waals surface area contributed by atoms with Gasteiger partial charge in [0.25, 0.3) is 0 Å². The Kier molecular flexibility index (Phi) is 4.62. The van der Waals surface area contributed by atoms with Crippen LogP contribution in [0.1, 0.15) is 55.0 Å². The van der Waals surface area contributed by atoms with Gasteiger partial charge in [-0.2, -0.15) is 0 Å². The Labute approximate surface area is 170 Å². The van der Waals surface area contributed by atoms with Gasteiger partial charge in [0.05, 0.1) is 12.1 Å². The number of nitrogens with one attached hydrogen (secondary N) is 2. The number of aryl methyl sites for hydroxylation is 1. The smallest absolute Gasteiger partial charge is 0.219 e. The Bertz CT molecular complexity index is 1070. The van der Waals surface area contributed by atoms with Crippen LogP contribution in [0.2, 0.25) is 0 Å². The quantitative estimate of drug-likeness (QED) is 0.545. The number of Topliss-reactive ketones (excluding diaryl/α,β-unsaturated/α-hetero) is 2. The van der Waals surface area contributed by atoms with Gasteiger partial charge in [-0.25, -0.2) is 0 Å². The van der Waals surface area contributed by atoms with Gasteiger partial charge in [0, 0.05) is 39.5 Å². The standard InChI is InChI=1S/C21H23N3O4S/c1-2-22-18-19(21(26)20(18)25)24-15-6-5-11-12(15)8-17(29(27)28)13-7-16(10-3-4-10)23-9-14(11)13/h7-10,15,18-19,22,24H,2-6H2,1H3,(H,27,28)/p-1/t15-,18?,19?/m0/s1. The molecule has 1 heterocycles. The summed E-state index contributed by atoms with van der Waals surface area (Å²) in [6, 6.07) is 2.42. The highest BCUT2D eigenvalue weighted by molar-refractivity contribution is 7.79. The zero-order valence-electron chi connectivity index (χ0n) is 16.1. The summed E-state index contributed by atoms with van der Waals surface area (Å²) in [6.07, 6.45) is 5.54. The number of carbonyl (C=O) groups excluding carboxylic acids is 2. The lowest BCUT2D eigenvalue weighted by Crippen LogP contribution is -2.69. The third-order valence-corrected chi connectivity index (χ3v) is 7.03. The molecule has 2 fully saturated rings. The lowest BCUT2D eigenvalue weighted by Gasteiger charge is -2.36. The molecule has 3 aliphatic carbocycles. The first kappa shape index (κ1) is 19.0. The van der Waals surface area contributed by atoms with E-state index in [1.807, 2.05) is 13.0 Å². The molecule has 3 aliphatic rings. The van der Waals surface area contributed by atoms with Crippen molar-refractivity contribution >= 4 is 33.4 Å². The molecule has 0 aliphatic heterocycles. The number of carbonyl (C=O) groups is 2. The third kappa shape index (κ3) is 3.06. The first-order valence-electron chi connectivity index (χ1n) is 10.1. The molecule has 3 unspecified atom stereocenters. The molecule has 0 spiro atoms. The number of nitrogens with zero attached hydrogens (tertiary/aromatic N) is 1. The van der Waals surface area contributed by atoms with Crippen molar-refractivity contribution in [3.05, 3.63) is 35.2 Å². The highest BCUT2D eigenvalue weighted by atomic mass is 32.2. The SMILES string of the molecule is CCNC1C(=O)C(=O)C1N[C@H]1CCc2c1cc(S(=O)[O-])c1cc(C3CC3)ncc21. The van der Waals surface area contributed by atoms with E-state index in [1.165, 1.54) is 0 Å². The van der Waals surface area contributed by atoms with Gasteiger partial charge in [0.1, 0.15) is 0 Å². The summed E-state index contributed by atoms with van der Waals surface area (Å²) in [7, 11) is 0. The average Bonchev–Trinajstić information content (AvgIpc) is 3.50. The molecule has 29 heavy (non-hydrogen) atoms. The maximum Gasteiger partial charge on any atom is 0.219 e. The van der Waals surface area contributed by atoms with Crippen molar-refractivity contribution in [1.29, 1.82) is 0 Å². The fourth-order valence-corrected chi connectivity index (χ4v) is 5.23. The maximum absolute atomic E-state index is 12.1. The minimum Gasteiger partial charge on any atom is -0.768 e. The third-order valence-electron chi connectivity index (χ3n) is 6.33. The van der Waals surface area contributed by atoms with Crippen molar-refractivity contribution in [3.8, 4) is 0 Å². The van der Waals surface area contributed by atoms with Crippen LogP contribution >= 0.6 is 0 Å². The van der Waals surface area contributed by atoms with Gasteiger partial charge >= 0.3 is 0 Å². The summed E-state index contributed by atoms with van der Waals surface area (Å²) in [5.41, 5.74) is 2.93. The van der Waals surface area contributed by atoms with E-state index >= 15 is 0 Å². The number of ketones is 2. The predicted octanol–water partition coefficient (Wildman–Crippen LogP) is 1.43. The molecule has 5 rings (SSSR count). The van der Waals surface area contributed by atoms with Crippen LogP contribution in [-0.2, 0) is 27.1 Å². The zero-order chi connectivity index (χ0) is 20.3. The summed E-state index contributed by atoms with van der Waals surface area (Å²) >= 11 is -2.37. The zero-order valence-corrected chi connectivity index (χ0v) is 16.9. The van der Waals surface area contributed by atoms with Crippen LogP contribution in [0.3, 0.4) is 0 Å². The molecule has 7 nitrogen and oxygen atoms in total. The minimum absolute atomic E-state index is 0.164. The second-order valence-electron chi connectivity index (χ2n) is 8.11. The molecule has 0 radical (unpaired) electrons. The number of pyridine rings is 1. The summed E-state index contributed by atoms with van der Waals surface area (Å²) in [4.78, 5) is 28.8. The van der Waals surface area contributed by atoms with Crippen LogP contribution in [0.5, 0.6) is 0 Å². The molecule has 1 aromatic carbocycles. The number of likely N-dealkylation sites (N-methyl/N-ethyl adjacent to an activating group) is 1. The van der Waals surface area contributed by atoms with Crippen LogP contribution < -0.4 is 10.6 Å². The highest BCUT2D eigenvalue weighted by Gasteiger charge is 2.49. The monoisotopic (exact) mass is 412 g/mol. The molecule has 0 saturated heterocycles. The van der Waals surface area contributed by atoms with Crippen LogP contribution in [0.15, 0.2) is 23.2 Å². The van der Waals surface area contributed by atoms with Gasteiger partial charge in [-0.1, -0.05) is 6.92 Å². The Morgan fingerprint density at radius 2 is 1.90 bits per heavy atom. The first-order chi connectivity index (χ1) is 14.0. The van der Waals surface area contributed by atoms with Crippen molar-refractivity contribution in [1.82, 2.24) is 15.6 Å². The van der Waals surface area contributed by atoms with Crippen LogP contribution in [-0.4, -0.2) is 43.9 Å². The second-order valence-corrected chi connectivity index (χ2v) is 9.01. The molecule has 2 aromatic rings. The maximum atomic E-state index is 12.1.